The highest BCUT2D eigenvalue weighted by atomic mass is 35.5. The van der Waals surface area contributed by atoms with Gasteiger partial charge in [0.25, 0.3) is 0 Å². The molecule has 5 heteroatoms. The highest BCUT2D eigenvalue weighted by Gasteiger charge is 2.52. The SMILES string of the molecule is Cc1cc(F)cc(B2OC(C)(C)C(C)(C)O2)c1Cl. The van der Waals surface area contributed by atoms with Gasteiger partial charge in [0.1, 0.15) is 5.82 Å². The Morgan fingerprint density at radius 3 is 2.11 bits per heavy atom. The monoisotopic (exact) mass is 270 g/mol. The molecule has 2 nitrogen and oxygen atoms in total. The molecular formula is C13H17BClFO2. The fourth-order valence-corrected chi connectivity index (χ4v) is 2.09. The molecule has 18 heavy (non-hydrogen) atoms. The van der Waals surface area contributed by atoms with Gasteiger partial charge in [0.15, 0.2) is 0 Å². The Morgan fingerprint density at radius 1 is 1.11 bits per heavy atom. The average Bonchev–Trinajstić information content (AvgIpc) is 2.42. The van der Waals surface area contributed by atoms with E-state index in [1.165, 1.54) is 12.1 Å². The van der Waals surface area contributed by atoms with Crippen LogP contribution >= 0.6 is 11.6 Å². The van der Waals surface area contributed by atoms with Gasteiger partial charge < -0.3 is 9.31 Å². The fraction of sp³-hybridized carbons (Fsp3) is 0.538. The van der Waals surface area contributed by atoms with E-state index in [4.69, 9.17) is 20.9 Å². The van der Waals surface area contributed by atoms with Crippen LogP contribution in [0.5, 0.6) is 0 Å². The third-order valence-electron chi connectivity index (χ3n) is 3.75. The molecule has 0 unspecified atom stereocenters. The van der Waals surface area contributed by atoms with E-state index in [1.807, 2.05) is 27.7 Å². The summed E-state index contributed by atoms with van der Waals surface area (Å²) in [5, 5.41) is 0.495. The van der Waals surface area contributed by atoms with Gasteiger partial charge in [0, 0.05) is 10.5 Å². The lowest BCUT2D eigenvalue weighted by atomic mass is 9.78. The molecular weight excluding hydrogens is 253 g/mol. The Labute approximate surface area is 113 Å². The van der Waals surface area contributed by atoms with Crippen LogP contribution in [0.25, 0.3) is 0 Å². The lowest BCUT2D eigenvalue weighted by molar-refractivity contribution is 0.00578. The Bertz CT molecular complexity index is 472. The summed E-state index contributed by atoms with van der Waals surface area (Å²) >= 11 is 6.20. The van der Waals surface area contributed by atoms with Crippen LogP contribution in [-0.4, -0.2) is 18.3 Å². The van der Waals surface area contributed by atoms with Crippen molar-refractivity contribution in [2.75, 3.05) is 0 Å². The topological polar surface area (TPSA) is 18.5 Å². The van der Waals surface area contributed by atoms with Crippen LogP contribution in [-0.2, 0) is 9.31 Å². The number of aryl methyl sites for hydroxylation is 1. The molecule has 1 aromatic carbocycles. The predicted octanol–water partition coefficient (Wildman–Crippen LogP) is 3.09. The molecule has 1 aliphatic heterocycles. The Morgan fingerprint density at radius 2 is 1.61 bits per heavy atom. The Hall–Kier alpha value is -0.575. The van der Waals surface area contributed by atoms with Crippen molar-refractivity contribution in [1.29, 1.82) is 0 Å². The van der Waals surface area contributed by atoms with Crippen LogP contribution in [0, 0.1) is 12.7 Å². The van der Waals surface area contributed by atoms with Gasteiger partial charge in [-0.3, -0.25) is 0 Å². The smallest absolute Gasteiger partial charge is 0.399 e. The van der Waals surface area contributed by atoms with E-state index in [2.05, 4.69) is 0 Å². The summed E-state index contributed by atoms with van der Waals surface area (Å²) in [6, 6.07) is 2.77. The van der Waals surface area contributed by atoms with Crippen molar-refractivity contribution in [2.45, 2.75) is 45.8 Å². The largest absolute Gasteiger partial charge is 0.496 e. The second-order valence-corrected chi connectivity index (χ2v) is 6.09. The van der Waals surface area contributed by atoms with Crippen LogP contribution in [0.2, 0.25) is 5.02 Å². The molecule has 0 aliphatic carbocycles. The van der Waals surface area contributed by atoms with Crippen molar-refractivity contribution in [1.82, 2.24) is 0 Å². The van der Waals surface area contributed by atoms with Crippen molar-refractivity contribution in [3.05, 3.63) is 28.5 Å². The molecule has 1 aliphatic rings. The lowest BCUT2D eigenvalue weighted by Crippen LogP contribution is -2.41. The van der Waals surface area contributed by atoms with E-state index in [9.17, 15) is 4.39 Å². The number of hydrogen-bond acceptors (Lipinski definition) is 2. The van der Waals surface area contributed by atoms with Crippen LogP contribution in [0.4, 0.5) is 4.39 Å². The van der Waals surface area contributed by atoms with Crippen molar-refractivity contribution < 1.29 is 13.7 Å². The normalized spacial score (nSPS) is 21.4. The first-order valence-electron chi connectivity index (χ1n) is 5.95. The minimum Gasteiger partial charge on any atom is -0.399 e. The van der Waals surface area contributed by atoms with Gasteiger partial charge in [-0.15, -0.1) is 0 Å². The summed E-state index contributed by atoms with van der Waals surface area (Å²) in [6.45, 7) is 9.57. The zero-order chi connectivity index (χ0) is 13.7. The number of halogens is 2. The maximum absolute atomic E-state index is 13.5. The molecule has 1 saturated heterocycles. The summed E-state index contributed by atoms with van der Waals surface area (Å²) in [5.74, 6) is -0.332. The summed E-state index contributed by atoms with van der Waals surface area (Å²) in [5.41, 5.74) is 0.316. The van der Waals surface area contributed by atoms with Gasteiger partial charge in [-0.2, -0.15) is 0 Å². The fourth-order valence-electron chi connectivity index (χ4n) is 1.89. The van der Waals surface area contributed by atoms with Crippen LogP contribution < -0.4 is 5.46 Å². The number of benzene rings is 1. The maximum Gasteiger partial charge on any atom is 0.496 e. The van der Waals surface area contributed by atoms with E-state index in [0.29, 0.717) is 16.0 Å². The minimum atomic E-state index is -0.628. The van der Waals surface area contributed by atoms with Gasteiger partial charge in [0.05, 0.1) is 11.2 Å². The molecule has 0 atom stereocenters. The summed E-state index contributed by atoms with van der Waals surface area (Å²) < 4.78 is 25.2. The summed E-state index contributed by atoms with van der Waals surface area (Å²) in [6.07, 6.45) is 0. The molecule has 2 rings (SSSR count). The molecule has 0 saturated carbocycles. The number of hydrogen-bond donors (Lipinski definition) is 0. The molecule has 1 aromatic rings. The Balaban J connectivity index is 2.41. The van der Waals surface area contributed by atoms with Crippen molar-refractivity contribution in [3.8, 4) is 0 Å². The third kappa shape index (κ3) is 2.17. The molecule has 0 N–H and O–H groups in total. The predicted molar refractivity (Wildman–Crippen MR) is 71.9 cm³/mol. The molecule has 1 heterocycles. The zero-order valence-corrected chi connectivity index (χ0v) is 12.1. The standard InChI is InChI=1S/C13H17BClFO2/c1-8-6-9(16)7-10(11(8)15)14-17-12(2,3)13(4,5)18-14/h6-7H,1-5H3. The van der Waals surface area contributed by atoms with Gasteiger partial charge in [0.2, 0.25) is 0 Å². The second-order valence-electron chi connectivity index (χ2n) is 5.71. The first-order valence-corrected chi connectivity index (χ1v) is 6.33. The summed E-state index contributed by atoms with van der Waals surface area (Å²) in [7, 11) is -0.628. The minimum absolute atomic E-state index is 0.332. The lowest BCUT2D eigenvalue weighted by Gasteiger charge is -2.32. The molecule has 98 valence electrons. The van der Waals surface area contributed by atoms with E-state index >= 15 is 0 Å². The van der Waals surface area contributed by atoms with E-state index in [1.54, 1.807) is 6.92 Å². The van der Waals surface area contributed by atoms with Crippen molar-refractivity contribution in [3.63, 3.8) is 0 Å². The quantitative estimate of drug-likeness (QED) is 0.730. The van der Waals surface area contributed by atoms with Gasteiger partial charge in [-0.1, -0.05) is 11.6 Å². The number of rotatable bonds is 1. The van der Waals surface area contributed by atoms with Crippen molar-refractivity contribution >= 4 is 24.2 Å². The Kier molecular flexibility index (Phi) is 3.25. The third-order valence-corrected chi connectivity index (χ3v) is 4.27. The van der Waals surface area contributed by atoms with E-state index < -0.39 is 18.3 Å². The van der Waals surface area contributed by atoms with Gasteiger partial charge in [-0.25, -0.2) is 4.39 Å². The van der Waals surface area contributed by atoms with E-state index in [0.717, 1.165) is 0 Å². The highest BCUT2D eigenvalue weighted by Crippen LogP contribution is 2.37. The van der Waals surface area contributed by atoms with Gasteiger partial charge in [-0.05, 0) is 52.3 Å². The van der Waals surface area contributed by atoms with Crippen LogP contribution in [0.15, 0.2) is 12.1 Å². The van der Waals surface area contributed by atoms with Gasteiger partial charge >= 0.3 is 7.12 Å². The van der Waals surface area contributed by atoms with Crippen LogP contribution in [0.3, 0.4) is 0 Å². The average molecular weight is 271 g/mol. The van der Waals surface area contributed by atoms with E-state index in [-0.39, 0.29) is 5.82 Å². The van der Waals surface area contributed by atoms with Crippen LogP contribution in [0.1, 0.15) is 33.3 Å². The molecule has 0 amide bonds. The second kappa shape index (κ2) is 4.22. The summed E-state index contributed by atoms with van der Waals surface area (Å²) in [4.78, 5) is 0. The molecule has 0 spiro atoms. The molecule has 0 aromatic heterocycles. The first-order chi connectivity index (χ1) is 8.14. The van der Waals surface area contributed by atoms with Crippen molar-refractivity contribution in [2.24, 2.45) is 0 Å². The maximum atomic E-state index is 13.5. The first kappa shape index (κ1) is 13.8. The zero-order valence-electron chi connectivity index (χ0n) is 11.3. The molecule has 0 bridgehead atoms. The molecule has 0 radical (unpaired) electrons. The highest BCUT2D eigenvalue weighted by molar-refractivity contribution is 6.65. The molecule has 1 fully saturated rings.